The number of carbonyl (C=O) groups is 2. The normalized spacial score (nSPS) is 14.6. The van der Waals surface area contributed by atoms with E-state index >= 15 is 0 Å². The molecule has 0 radical (unpaired) electrons. The molecule has 0 saturated carbocycles. The average molecular weight is 360 g/mol. The quantitative estimate of drug-likeness (QED) is 0.138. The molecule has 0 aliphatic rings. The first-order valence-corrected chi connectivity index (χ1v) is 10.3. The smallest absolute Gasteiger partial charge is 0.339 e. The molecular weight excluding hydrogens is 339 g/mol. The van der Waals surface area contributed by atoms with E-state index in [1.807, 2.05) is 0 Å². The maximum atomic E-state index is 11.1. The Bertz CT molecular complexity index is 394. The molecule has 0 fully saturated rings. The lowest BCUT2D eigenvalue weighted by molar-refractivity contribution is -0.120. The van der Waals surface area contributed by atoms with Crippen molar-refractivity contribution in [1.82, 2.24) is 5.32 Å². The molecule has 0 aromatic rings. The fraction of sp³-hybridized carbons (Fsp3) is 0.778. The van der Waals surface area contributed by atoms with Crippen LogP contribution in [-0.2, 0) is 14.2 Å². The van der Waals surface area contributed by atoms with E-state index in [2.05, 4.69) is 5.32 Å². The van der Waals surface area contributed by atoms with Gasteiger partial charge in [-0.3, -0.25) is 19.5 Å². The highest BCUT2D eigenvalue weighted by atomic mass is 33.1. The predicted octanol–water partition coefficient (Wildman–Crippen LogP) is -1.46. The van der Waals surface area contributed by atoms with Crippen molar-refractivity contribution < 1.29 is 23.9 Å². The topological polar surface area (TPSA) is 182 Å². The number of primary amides is 2. The third-order valence-electron chi connectivity index (χ3n) is 2.34. The molecule has 0 rings (SSSR count). The molecule has 0 aliphatic carbocycles. The molecule has 0 aliphatic heterocycles. The summed E-state index contributed by atoms with van der Waals surface area (Å²) in [5.74, 6) is -0.0229. The molecule has 0 saturated heterocycles. The Kier molecular flexibility index (Phi) is 10.3. The summed E-state index contributed by atoms with van der Waals surface area (Å²) < 4.78 is 10.7. The van der Waals surface area contributed by atoms with E-state index in [1.54, 1.807) is 0 Å². The zero-order valence-corrected chi connectivity index (χ0v) is 13.8. The minimum Gasteiger partial charge on any atom is -0.368 e. The summed E-state index contributed by atoms with van der Waals surface area (Å²) >= 11 is 0. The van der Waals surface area contributed by atoms with Crippen LogP contribution in [0.3, 0.4) is 0 Å². The molecule has 12 heteroatoms. The molecule has 2 amide bonds. The first-order valence-electron chi connectivity index (χ1n) is 6.00. The highest BCUT2D eigenvalue weighted by molar-refractivity contribution is 8.76. The summed E-state index contributed by atoms with van der Waals surface area (Å²) in [6, 6.07) is -1.46. The van der Waals surface area contributed by atoms with Crippen LogP contribution in [0.15, 0.2) is 0 Å². The van der Waals surface area contributed by atoms with Crippen LogP contribution in [0.4, 0.5) is 0 Å². The molecule has 1 unspecified atom stereocenters. The zero-order valence-electron chi connectivity index (χ0n) is 11.3. The van der Waals surface area contributed by atoms with E-state index in [4.69, 9.17) is 27.0 Å². The van der Waals surface area contributed by atoms with Gasteiger partial charge in [0.15, 0.2) is 0 Å². The van der Waals surface area contributed by atoms with Gasteiger partial charge >= 0.3 is 7.60 Å². The second-order valence-corrected chi connectivity index (χ2v) is 8.56. The van der Waals surface area contributed by atoms with Gasteiger partial charge in [0.2, 0.25) is 11.8 Å². The third kappa shape index (κ3) is 12.0. The minimum absolute atomic E-state index is 0.342. The van der Waals surface area contributed by atoms with Crippen LogP contribution in [0, 0.1) is 0 Å². The van der Waals surface area contributed by atoms with E-state index in [0.717, 1.165) is 0 Å². The summed E-state index contributed by atoms with van der Waals surface area (Å²) in [4.78, 5) is 39.3. The monoisotopic (exact) mass is 360 g/mol. The van der Waals surface area contributed by atoms with Crippen LogP contribution < -0.4 is 22.5 Å². The van der Waals surface area contributed by atoms with Crippen LogP contribution in [-0.4, -0.2) is 51.5 Å². The first-order chi connectivity index (χ1) is 9.63. The van der Waals surface area contributed by atoms with Crippen molar-refractivity contribution in [3.8, 4) is 0 Å². The predicted molar refractivity (Wildman–Crippen MR) is 84.3 cm³/mol. The fourth-order valence-electron chi connectivity index (χ4n) is 1.18. The van der Waals surface area contributed by atoms with E-state index in [9.17, 15) is 14.2 Å². The van der Waals surface area contributed by atoms with Gasteiger partial charge < -0.3 is 27.0 Å². The molecule has 9 N–H and O–H groups in total. The highest BCUT2D eigenvalue weighted by Crippen LogP contribution is 2.32. The number of nitrogens with two attached hydrogens (primary N) is 3. The molecule has 0 spiro atoms. The summed E-state index contributed by atoms with van der Waals surface area (Å²) in [5, 5.41) is 2.44. The Hall–Kier alpha value is -0.290. The maximum absolute atomic E-state index is 11.1. The number of hydrogen-bond donors (Lipinski definition) is 6. The Balaban J connectivity index is 3.82. The number of rotatable bonds is 12. The standard InChI is InChI=1S/C9H21N4O5PS2/c10-6(8(11)14)1-3-20-21-4-2-7(9(12)15)13-5-19(16,17)18/h6-7,13H,1-5,10H2,(H2,11,14)(H2,12,15)(H2,16,17,18)/t6?,7-/m0/s1. The summed E-state index contributed by atoms with van der Waals surface area (Å²) in [7, 11) is -1.29. The van der Waals surface area contributed by atoms with Crippen LogP contribution >= 0.6 is 29.2 Å². The van der Waals surface area contributed by atoms with Crippen molar-refractivity contribution in [2.75, 3.05) is 17.8 Å². The van der Waals surface area contributed by atoms with Gasteiger partial charge in [0.05, 0.1) is 18.4 Å². The molecule has 0 aromatic carbocycles. The van der Waals surface area contributed by atoms with Gasteiger partial charge in [0.25, 0.3) is 0 Å². The van der Waals surface area contributed by atoms with Gasteiger partial charge in [-0.05, 0) is 12.8 Å². The molecule has 0 aromatic heterocycles. The highest BCUT2D eigenvalue weighted by Gasteiger charge is 2.20. The lowest BCUT2D eigenvalue weighted by atomic mass is 10.2. The molecule has 0 bridgehead atoms. The van der Waals surface area contributed by atoms with Gasteiger partial charge in [0, 0.05) is 11.5 Å². The molecular formula is C9H21N4O5PS2. The maximum Gasteiger partial charge on any atom is 0.339 e. The second kappa shape index (κ2) is 10.4. The number of nitrogens with one attached hydrogen (secondary N) is 1. The lowest BCUT2D eigenvalue weighted by Gasteiger charge is -2.15. The van der Waals surface area contributed by atoms with Crippen molar-refractivity contribution in [3.63, 3.8) is 0 Å². The molecule has 2 atom stereocenters. The van der Waals surface area contributed by atoms with Crippen molar-refractivity contribution in [1.29, 1.82) is 0 Å². The van der Waals surface area contributed by atoms with Crippen LogP contribution in [0.1, 0.15) is 12.8 Å². The number of carbonyl (C=O) groups excluding carboxylic acids is 2. The van der Waals surface area contributed by atoms with Gasteiger partial charge in [0.1, 0.15) is 0 Å². The van der Waals surface area contributed by atoms with Crippen molar-refractivity contribution in [2.45, 2.75) is 24.9 Å². The summed E-state index contributed by atoms with van der Waals surface area (Å²) in [5.41, 5.74) is 15.6. The van der Waals surface area contributed by atoms with E-state index in [0.29, 0.717) is 24.3 Å². The van der Waals surface area contributed by atoms with Crippen molar-refractivity contribution in [2.24, 2.45) is 17.2 Å². The second-order valence-electron chi connectivity index (χ2n) is 4.21. The molecule has 0 heterocycles. The van der Waals surface area contributed by atoms with Crippen LogP contribution in [0.5, 0.6) is 0 Å². The van der Waals surface area contributed by atoms with Gasteiger partial charge in [-0.1, -0.05) is 21.6 Å². The Labute approximate surface area is 130 Å². The Morgan fingerprint density at radius 3 is 2.05 bits per heavy atom. The molecule has 21 heavy (non-hydrogen) atoms. The first kappa shape index (κ1) is 20.7. The SMILES string of the molecule is NC(=O)C(N)CCSSCC[C@H](NCP(=O)(O)O)C(N)=O. The van der Waals surface area contributed by atoms with Crippen molar-refractivity contribution >= 4 is 41.0 Å². The molecule has 124 valence electrons. The van der Waals surface area contributed by atoms with E-state index < -0.39 is 37.8 Å². The van der Waals surface area contributed by atoms with E-state index in [1.165, 1.54) is 21.6 Å². The third-order valence-corrected chi connectivity index (χ3v) is 5.40. The summed E-state index contributed by atoms with van der Waals surface area (Å²) in [6.07, 6.45) is 0.212. The average Bonchev–Trinajstić information content (AvgIpc) is 2.34. The largest absolute Gasteiger partial charge is 0.368 e. The van der Waals surface area contributed by atoms with Crippen molar-refractivity contribution in [3.05, 3.63) is 0 Å². The Morgan fingerprint density at radius 1 is 1.10 bits per heavy atom. The van der Waals surface area contributed by atoms with Crippen LogP contribution in [0.2, 0.25) is 0 Å². The van der Waals surface area contributed by atoms with E-state index in [-0.39, 0.29) is 0 Å². The van der Waals surface area contributed by atoms with Gasteiger partial charge in [-0.2, -0.15) is 0 Å². The minimum atomic E-state index is -4.22. The lowest BCUT2D eigenvalue weighted by Crippen LogP contribution is -2.42. The van der Waals surface area contributed by atoms with Crippen LogP contribution in [0.25, 0.3) is 0 Å². The molecule has 9 nitrogen and oxygen atoms in total. The van der Waals surface area contributed by atoms with Gasteiger partial charge in [-0.25, -0.2) is 0 Å². The zero-order chi connectivity index (χ0) is 16.5. The number of amides is 2. The van der Waals surface area contributed by atoms with Gasteiger partial charge in [-0.15, -0.1) is 0 Å². The Morgan fingerprint density at radius 2 is 1.62 bits per heavy atom. The summed E-state index contributed by atoms with van der Waals surface area (Å²) in [6.45, 7) is 0. The fourth-order valence-corrected chi connectivity index (χ4v) is 3.84. The number of hydrogen-bond acceptors (Lipinski definition) is 7.